The highest BCUT2D eigenvalue weighted by molar-refractivity contribution is 7.89. The molecule has 7 nitrogen and oxygen atoms in total. The maximum atomic E-state index is 12.2. The molecular weight excluding hydrogens is 348 g/mol. The summed E-state index contributed by atoms with van der Waals surface area (Å²) in [6.45, 7) is 5.21. The third-order valence-electron chi connectivity index (χ3n) is 2.72. The van der Waals surface area contributed by atoms with Crippen LogP contribution < -0.4 is 10.0 Å². The van der Waals surface area contributed by atoms with E-state index < -0.39 is 21.5 Å². The van der Waals surface area contributed by atoms with Gasteiger partial charge in [-0.3, -0.25) is 4.79 Å². The topological polar surface area (TPSA) is 112 Å². The van der Waals surface area contributed by atoms with Crippen molar-refractivity contribution in [2.24, 2.45) is 0 Å². The lowest BCUT2D eigenvalue weighted by atomic mass is 10.1. The molecule has 0 aliphatic rings. The largest absolute Gasteiger partial charge is 0.306 e. The molecule has 0 aliphatic heterocycles. The molecule has 0 aromatic carbocycles. The number of carbonyl (C=O) groups excluding carboxylic acids is 1. The zero-order chi connectivity index (χ0) is 18.0. The fourth-order valence-corrected chi connectivity index (χ4v) is 3.92. The molecule has 0 bridgehead atoms. The third-order valence-corrected chi connectivity index (χ3v) is 5.38. The van der Waals surface area contributed by atoms with Crippen molar-refractivity contribution in [2.45, 2.75) is 31.2 Å². The van der Waals surface area contributed by atoms with Crippen LogP contribution in [0.25, 0.3) is 0 Å². The molecule has 0 saturated carbocycles. The number of thiophene rings is 1. The van der Waals surface area contributed by atoms with Crippen LogP contribution in [0.5, 0.6) is 0 Å². The number of carbonyl (C=O) groups is 1. The van der Waals surface area contributed by atoms with Gasteiger partial charge in [0, 0.05) is 11.7 Å². The van der Waals surface area contributed by atoms with Crippen LogP contribution >= 0.6 is 11.3 Å². The minimum absolute atomic E-state index is 0.00395. The molecular formula is C15H16N4O3S2. The maximum absolute atomic E-state index is 12.2. The van der Waals surface area contributed by atoms with E-state index in [1.807, 2.05) is 6.07 Å². The van der Waals surface area contributed by atoms with Crippen LogP contribution in [0.15, 0.2) is 34.7 Å². The van der Waals surface area contributed by atoms with E-state index in [1.165, 1.54) is 18.3 Å². The second kappa shape index (κ2) is 6.68. The summed E-state index contributed by atoms with van der Waals surface area (Å²) in [7, 11) is -3.68. The van der Waals surface area contributed by atoms with E-state index in [2.05, 4.69) is 15.0 Å². The number of nitriles is 1. The molecule has 2 rings (SSSR count). The van der Waals surface area contributed by atoms with Gasteiger partial charge in [-0.15, -0.1) is 11.3 Å². The second-order valence-corrected chi connectivity index (χ2v) is 8.56. The number of amides is 1. The number of sulfonamides is 1. The van der Waals surface area contributed by atoms with Gasteiger partial charge in [-0.25, -0.2) is 18.1 Å². The Hall–Kier alpha value is -2.28. The summed E-state index contributed by atoms with van der Waals surface area (Å²) >= 11 is 1.15. The number of hydrogen-bond acceptors (Lipinski definition) is 6. The number of anilines is 1. The van der Waals surface area contributed by atoms with Crippen LogP contribution in [0.2, 0.25) is 0 Å². The van der Waals surface area contributed by atoms with E-state index >= 15 is 0 Å². The van der Waals surface area contributed by atoms with Crippen LogP contribution in [0.1, 0.15) is 36.0 Å². The molecule has 1 amide bonds. The highest BCUT2D eigenvalue weighted by Gasteiger charge is 2.22. The number of pyridine rings is 1. The molecule has 0 unspecified atom stereocenters. The number of hydrogen-bond donors (Lipinski definition) is 2. The van der Waals surface area contributed by atoms with Crippen LogP contribution in [-0.2, 0) is 10.0 Å². The molecule has 2 aromatic rings. The smallest absolute Gasteiger partial charge is 0.268 e. The van der Waals surface area contributed by atoms with Crippen molar-refractivity contribution in [2.75, 3.05) is 5.32 Å². The number of nitrogens with one attached hydrogen (secondary N) is 2. The Morgan fingerprint density at radius 1 is 1.29 bits per heavy atom. The molecule has 0 fully saturated rings. The molecule has 0 radical (unpaired) electrons. The van der Waals surface area contributed by atoms with Gasteiger partial charge < -0.3 is 5.32 Å². The number of rotatable bonds is 4. The maximum Gasteiger partial charge on any atom is 0.268 e. The molecule has 9 heteroatoms. The predicted octanol–water partition coefficient (Wildman–Crippen LogP) is 2.34. The summed E-state index contributed by atoms with van der Waals surface area (Å²) in [5, 5.41) is 13.1. The lowest BCUT2D eigenvalue weighted by molar-refractivity contribution is 0.103. The Balaban J connectivity index is 2.16. The van der Waals surface area contributed by atoms with E-state index in [-0.39, 0.29) is 21.2 Å². The summed E-state index contributed by atoms with van der Waals surface area (Å²) in [6, 6.07) is 6.25. The summed E-state index contributed by atoms with van der Waals surface area (Å²) in [6.07, 6.45) is 1.17. The molecule has 2 N–H and O–H groups in total. The fraction of sp³-hybridized carbons (Fsp3) is 0.267. The Labute approximate surface area is 144 Å². The van der Waals surface area contributed by atoms with Crippen LogP contribution in [0.4, 0.5) is 5.82 Å². The molecule has 2 heterocycles. The predicted molar refractivity (Wildman–Crippen MR) is 91.3 cm³/mol. The zero-order valence-corrected chi connectivity index (χ0v) is 15.0. The highest BCUT2D eigenvalue weighted by atomic mass is 32.2. The number of aromatic nitrogens is 1. The quantitative estimate of drug-likeness (QED) is 0.865. The Bertz CT molecular complexity index is 888. The monoisotopic (exact) mass is 364 g/mol. The molecule has 2 aromatic heterocycles. The van der Waals surface area contributed by atoms with Gasteiger partial charge in [-0.1, -0.05) is 0 Å². The molecule has 24 heavy (non-hydrogen) atoms. The standard InChI is InChI=1S/C15H16N4O3S2/c1-15(2,3)19-24(21,22)11-4-5-12(17-9-11)18-14(20)13-10(8-16)6-7-23-13/h4-7,9,19H,1-3H3,(H,17,18,20). The minimum Gasteiger partial charge on any atom is -0.306 e. The van der Waals surface area contributed by atoms with Gasteiger partial charge in [-0.2, -0.15) is 5.26 Å². The zero-order valence-electron chi connectivity index (χ0n) is 13.3. The van der Waals surface area contributed by atoms with E-state index in [9.17, 15) is 13.2 Å². The molecule has 0 saturated heterocycles. The summed E-state index contributed by atoms with van der Waals surface area (Å²) < 4.78 is 26.9. The SMILES string of the molecule is CC(C)(C)NS(=O)(=O)c1ccc(NC(=O)c2sccc2C#N)nc1. The van der Waals surface area contributed by atoms with E-state index in [0.29, 0.717) is 0 Å². The third kappa shape index (κ3) is 4.38. The van der Waals surface area contributed by atoms with Gasteiger partial charge in [0.2, 0.25) is 10.0 Å². The first kappa shape index (κ1) is 18.1. The Kier molecular flexibility index (Phi) is 5.03. The van der Waals surface area contributed by atoms with Crippen LogP contribution in [0.3, 0.4) is 0 Å². The molecule has 0 atom stereocenters. The molecule has 126 valence electrons. The first-order valence-electron chi connectivity index (χ1n) is 6.91. The minimum atomic E-state index is -3.68. The van der Waals surface area contributed by atoms with Crippen molar-refractivity contribution >= 4 is 33.1 Å². The van der Waals surface area contributed by atoms with Crippen LogP contribution in [-0.4, -0.2) is 24.8 Å². The van der Waals surface area contributed by atoms with Gasteiger partial charge in [-0.05, 0) is 44.4 Å². The lowest BCUT2D eigenvalue weighted by Crippen LogP contribution is -2.40. The average Bonchev–Trinajstić information content (AvgIpc) is 2.94. The lowest BCUT2D eigenvalue weighted by Gasteiger charge is -2.20. The van der Waals surface area contributed by atoms with Gasteiger partial charge in [0.15, 0.2) is 0 Å². The van der Waals surface area contributed by atoms with Gasteiger partial charge in [0.25, 0.3) is 5.91 Å². The molecule has 0 aliphatic carbocycles. The van der Waals surface area contributed by atoms with E-state index in [1.54, 1.807) is 32.2 Å². The van der Waals surface area contributed by atoms with Crippen molar-refractivity contribution < 1.29 is 13.2 Å². The summed E-state index contributed by atoms with van der Waals surface area (Å²) in [4.78, 5) is 16.3. The summed E-state index contributed by atoms with van der Waals surface area (Å²) in [5.74, 6) is -0.260. The first-order chi connectivity index (χ1) is 11.1. The van der Waals surface area contributed by atoms with Crippen molar-refractivity contribution in [1.82, 2.24) is 9.71 Å². The fourth-order valence-electron chi connectivity index (χ4n) is 1.82. The van der Waals surface area contributed by atoms with E-state index in [4.69, 9.17) is 5.26 Å². The Morgan fingerprint density at radius 3 is 2.54 bits per heavy atom. The second-order valence-electron chi connectivity index (χ2n) is 5.96. The molecule has 0 spiro atoms. The normalized spacial score (nSPS) is 11.8. The van der Waals surface area contributed by atoms with Crippen molar-refractivity contribution in [3.63, 3.8) is 0 Å². The van der Waals surface area contributed by atoms with E-state index in [0.717, 1.165) is 11.3 Å². The van der Waals surface area contributed by atoms with Crippen molar-refractivity contribution in [3.05, 3.63) is 40.2 Å². The summed E-state index contributed by atoms with van der Waals surface area (Å²) in [5.41, 5.74) is -0.329. The van der Waals surface area contributed by atoms with Gasteiger partial charge >= 0.3 is 0 Å². The number of nitrogens with zero attached hydrogens (tertiary/aromatic N) is 2. The Morgan fingerprint density at radius 2 is 2.00 bits per heavy atom. The van der Waals surface area contributed by atoms with Crippen LogP contribution in [0, 0.1) is 11.3 Å². The van der Waals surface area contributed by atoms with Gasteiger partial charge in [0.1, 0.15) is 21.7 Å². The first-order valence-corrected chi connectivity index (χ1v) is 9.28. The highest BCUT2D eigenvalue weighted by Crippen LogP contribution is 2.18. The van der Waals surface area contributed by atoms with Crippen molar-refractivity contribution in [3.8, 4) is 6.07 Å². The average molecular weight is 364 g/mol. The van der Waals surface area contributed by atoms with Crippen molar-refractivity contribution in [1.29, 1.82) is 5.26 Å². The van der Waals surface area contributed by atoms with Gasteiger partial charge in [0.05, 0.1) is 5.56 Å².